The number of hydrogen-bond donors (Lipinski definition) is 0. The number of hydrogen-bond acceptors (Lipinski definition) is 3. The number of halogens is 2. The van der Waals surface area contributed by atoms with Gasteiger partial charge in [0.2, 0.25) is 0 Å². The Kier molecular flexibility index (Phi) is 6.85. The number of piperidine rings is 2. The fourth-order valence-corrected chi connectivity index (χ4v) is 6.24. The molecule has 1 aromatic heterocycles. The number of aromatic nitrogens is 1. The van der Waals surface area contributed by atoms with Crippen molar-refractivity contribution < 1.29 is 18.4 Å². The van der Waals surface area contributed by atoms with E-state index in [1.54, 1.807) is 0 Å². The Hall–Kier alpha value is -2.83. The highest BCUT2D eigenvalue weighted by atomic mass is 19.1. The minimum absolute atomic E-state index is 0.0237. The fourth-order valence-electron chi connectivity index (χ4n) is 6.24. The summed E-state index contributed by atoms with van der Waals surface area (Å²) in [7, 11) is 0. The summed E-state index contributed by atoms with van der Waals surface area (Å²) in [6, 6.07) is 7.26. The summed E-state index contributed by atoms with van der Waals surface area (Å²) >= 11 is 0. The van der Waals surface area contributed by atoms with Gasteiger partial charge in [0.25, 0.3) is 11.8 Å². The Balaban J connectivity index is 1.30. The molecular weight excluding hydrogens is 448 g/mol. The van der Waals surface area contributed by atoms with Gasteiger partial charge in [0.05, 0.1) is 11.3 Å². The maximum atomic E-state index is 14.1. The summed E-state index contributed by atoms with van der Waals surface area (Å²) in [5.74, 6) is -0.859. The molecule has 3 fully saturated rings. The lowest BCUT2D eigenvalue weighted by atomic mass is 9.75. The average molecular weight is 482 g/mol. The minimum Gasteiger partial charge on any atom is -0.338 e. The van der Waals surface area contributed by atoms with Crippen molar-refractivity contribution in [3.05, 3.63) is 64.5 Å². The van der Waals surface area contributed by atoms with E-state index in [1.807, 2.05) is 24.0 Å². The predicted molar refractivity (Wildman–Crippen MR) is 129 cm³/mol. The van der Waals surface area contributed by atoms with Crippen LogP contribution in [0.15, 0.2) is 30.3 Å². The number of carbonyl (C=O) groups is 2. The van der Waals surface area contributed by atoms with Crippen LogP contribution in [0.3, 0.4) is 0 Å². The third kappa shape index (κ3) is 4.82. The highest BCUT2D eigenvalue weighted by Crippen LogP contribution is 2.37. The molecule has 2 aromatic rings. The minimum atomic E-state index is -0.841. The summed E-state index contributed by atoms with van der Waals surface area (Å²) in [6.45, 7) is 4.29. The smallest absolute Gasteiger partial charge is 0.259 e. The van der Waals surface area contributed by atoms with Crippen LogP contribution in [-0.2, 0) is 0 Å². The molecule has 186 valence electrons. The van der Waals surface area contributed by atoms with Gasteiger partial charge >= 0.3 is 0 Å². The number of carbonyl (C=O) groups excluding carboxylic acids is 2. The van der Waals surface area contributed by atoms with Crippen molar-refractivity contribution >= 4 is 11.8 Å². The zero-order valence-corrected chi connectivity index (χ0v) is 20.3. The lowest BCUT2D eigenvalue weighted by Gasteiger charge is -2.41. The summed E-state index contributed by atoms with van der Waals surface area (Å²) in [4.78, 5) is 34.7. The second kappa shape index (κ2) is 10.0. The number of rotatable bonds is 3. The normalized spacial score (nSPS) is 23.2. The van der Waals surface area contributed by atoms with Crippen LogP contribution < -0.4 is 0 Å². The fraction of sp³-hybridized carbons (Fsp3) is 0.536. The molecule has 1 saturated carbocycles. The third-order valence-corrected chi connectivity index (χ3v) is 8.22. The van der Waals surface area contributed by atoms with Crippen molar-refractivity contribution in [1.29, 1.82) is 0 Å². The van der Waals surface area contributed by atoms with Gasteiger partial charge in [-0.1, -0.05) is 25.3 Å². The van der Waals surface area contributed by atoms with Crippen LogP contribution in [0.2, 0.25) is 0 Å². The molecule has 2 amide bonds. The highest BCUT2D eigenvalue weighted by Gasteiger charge is 2.35. The van der Waals surface area contributed by atoms with Crippen LogP contribution in [0, 0.1) is 30.4 Å². The van der Waals surface area contributed by atoms with E-state index in [9.17, 15) is 18.4 Å². The van der Waals surface area contributed by atoms with Crippen LogP contribution in [0.5, 0.6) is 0 Å². The van der Waals surface area contributed by atoms with Crippen molar-refractivity contribution in [2.24, 2.45) is 11.8 Å². The number of nitrogens with zero attached hydrogens (tertiary/aromatic N) is 3. The summed E-state index contributed by atoms with van der Waals surface area (Å²) in [5, 5.41) is 0. The van der Waals surface area contributed by atoms with E-state index in [4.69, 9.17) is 4.98 Å². The maximum Gasteiger partial charge on any atom is 0.259 e. The summed E-state index contributed by atoms with van der Waals surface area (Å²) in [5.41, 5.74) is 1.82. The molecule has 2 atom stereocenters. The molecule has 0 unspecified atom stereocenters. The number of amides is 2. The standard InChI is InChI=1S/C28H33F2N3O2/c1-18-9-10-22(27(34)33-16-11-19-5-2-3-6-21(19)17-33)26(31-18)20-12-14-32(15-13-20)28(35)25-23(29)7-4-8-24(25)30/h4,7-10,19-21H,2-3,5-6,11-17H2,1H3/t19-,21-/m1/s1. The lowest BCUT2D eigenvalue weighted by Crippen LogP contribution is -2.45. The van der Waals surface area contributed by atoms with Gasteiger partial charge in [-0.15, -0.1) is 0 Å². The zero-order chi connectivity index (χ0) is 24.5. The molecule has 7 heteroatoms. The second-order valence-corrected chi connectivity index (χ2v) is 10.4. The van der Waals surface area contributed by atoms with E-state index in [2.05, 4.69) is 0 Å². The van der Waals surface area contributed by atoms with E-state index in [-0.39, 0.29) is 11.8 Å². The van der Waals surface area contributed by atoms with Crippen molar-refractivity contribution in [3.8, 4) is 0 Å². The molecule has 2 aliphatic heterocycles. The van der Waals surface area contributed by atoms with Gasteiger partial charge in [-0.2, -0.15) is 0 Å². The third-order valence-electron chi connectivity index (χ3n) is 8.22. The molecule has 1 aromatic carbocycles. The molecule has 0 bridgehead atoms. The Bertz CT molecular complexity index is 1090. The van der Waals surface area contributed by atoms with Gasteiger partial charge in [0.1, 0.15) is 17.2 Å². The van der Waals surface area contributed by atoms with E-state index >= 15 is 0 Å². The molecule has 0 spiro atoms. The maximum absolute atomic E-state index is 14.1. The average Bonchev–Trinajstić information content (AvgIpc) is 2.88. The van der Waals surface area contributed by atoms with Gasteiger partial charge in [-0.3, -0.25) is 14.6 Å². The van der Waals surface area contributed by atoms with E-state index < -0.39 is 23.1 Å². The van der Waals surface area contributed by atoms with Gasteiger partial charge in [0.15, 0.2) is 0 Å². The topological polar surface area (TPSA) is 53.5 Å². The number of fused-ring (bicyclic) bond motifs is 1. The van der Waals surface area contributed by atoms with Crippen LogP contribution in [-0.4, -0.2) is 52.8 Å². The predicted octanol–water partition coefficient (Wildman–Crippen LogP) is 5.34. The first-order valence-corrected chi connectivity index (χ1v) is 12.9. The molecule has 3 heterocycles. The molecule has 0 N–H and O–H groups in total. The molecule has 0 radical (unpaired) electrons. The van der Waals surface area contributed by atoms with Crippen LogP contribution in [0.4, 0.5) is 8.78 Å². The molecule has 3 aliphatic rings. The summed E-state index contributed by atoms with van der Waals surface area (Å²) in [6.07, 6.45) is 7.35. The van der Waals surface area contributed by atoms with Crippen molar-refractivity contribution in [1.82, 2.24) is 14.8 Å². The van der Waals surface area contributed by atoms with Gasteiger partial charge in [-0.25, -0.2) is 8.78 Å². The molecule has 5 nitrogen and oxygen atoms in total. The van der Waals surface area contributed by atoms with E-state index in [1.165, 1.54) is 36.6 Å². The van der Waals surface area contributed by atoms with Crippen LogP contribution >= 0.6 is 0 Å². The first-order valence-electron chi connectivity index (χ1n) is 12.9. The molecule has 1 aliphatic carbocycles. The Morgan fingerprint density at radius 2 is 1.49 bits per heavy atom. The molecular formula is C28H33F2N3O2. The Morgan fingerprint density at radius 1 is 0.829 bits per heavy atom. The van der Waals surface area contributed by atoms with Crippen molar-refractivity contribution in [3.63, 3.8) is 0 Å². The number of likely N-dealkylation sites (tertiary alicyclic amines) is 2. The van der Waals surface area contributed by atoms with E-state index in [0.717, 1.165) is 48.9 Å². The first kappa shape index (κ1) is 23.9. The molecule has 5 rings (SSSR count). The lowest BCUT2D eigenvalue weighted by molar-refractivity contribution is 0.0516. The Labute approximate surface area is 205 Å². The quantitative estimate of drug-likeness (QED) is 0.595. The van der Waals surface area contributed by atoms with Gasteiger partial charge in [0, 0.05) is 37.8 Å². The summed E-state index contributed by atoms with van der Waals surface area (Å²) < 4.78 is 28.2. The van der Waals surface area contributed by atoms with E-state index in [0.29, 0.717) is 37.4 Å². The van der Waals surface area contributed by atoms with Crippen molar-refractivity contribution in [2.45, 2.75) is 57.8 Å². The van der Waals surface area contributed by atoms with Crippen LogP contribution in [0.1, 0.15) is 83.0 Å². The second-order valence-electron chi connectivity index (χ2n) is 10.4. The van der Waals surface area contributed by atoms with Gasteiger partial charge in [-0.05, 0) is 68.7 Å². The number of pyridine rings is 1. The monoisotopic (exact) mass is 481 g/mol. The number of benzene rings is 1. The van der Waals surface area contributed by atoms with Gasteiger partial charge < -0.3 is 9.80 Å². The SMILES string of the molecule is Cc1ccc(C(=O)N2CC[C@H]3CCCC[C@@H]3C2)c(C2CCN(C(=O)c3c(F)cccc3F)CC2)n1. The highest BCUT2D eigenvalue weighted by molar-refractivity contribution is 5.96. The molecule has 2 saturated heterocycles. The first-order chi connectivity index (χ1) is 16.9. The molecule has 35 heavy (non-hydrogen) atoms. The van der Waals surface area contributed by atoms with Crippen molar-refractivity contribution in [2.75, 3.05) is 26.2 Å². The Morgan fingerprint density at radius 3 is 2.20 bits per heavy atom. The zero-order valence-electron chi connectivity index (χ0n) is 20.3. The van der Waals surface area contributed by atoms with Crippen LogP contribution in [0.25, 0.3) is 0 Å². The largest absolute Gasteiger partial charge is 0.338 e. The number of aryl methyl sites for hydroxylation is 1.